The van der Waals surface area contributed by atoms with Crippen LogP contribution in [0, 0.1) is 12.8 Å². The van der Waals surface area contributed by atoms with E-state index in [4.69, 9.17) is 4.74 Å². The first-order chi connectivity index (χ1) is 9.13. The normalized spacial score (nSPS) is 22.4. The van der Waals surface area contributed by atoms with Crippen LogP contribution >= 0.6 is 0 Å². The summed E-state index contributed by atoms with van der Waals surface area (Å²) in [5.74, 6) is -0.763. The topological polar surface area (TPSA) is 75.5 Å². The summed E-state index contributed by atoms with van der Waals surface area (Å²) in [6.45, 7) is 5.36. The molecular weight excluding hydrogens is 246 g/mol. The molecule has 104 valence electrons. The van der Waals surface area contributed by atoms with Crippen LogP contribution in [0.4, 0.5) is 5.95 Å². The van der Waals surface area contributed by atoms with Crippen molar-refractivity contribution in [3.8, 4) is 0 Å². The van der Waals surface area contributed by atoms with Gasteiger partial charge in [-0.05, 0) is 18.9 Å². The summed E-state index contributed by atoms with van der Waals surface area (Å²) in [5.41, 5.74) is 0.984. The second-order valence-electron chi connectivity index (χ2n) is 4.80. The third-order valence-electron chi connectivity index (χ3n) is 3.26. The van der Waals surface area contributed by atoms with Gasteiger partial charge in [0.05, 0.1) is 19.3 Å². The lowest BCUT2D eigenvalue weighted by atomic mass is 10.0. The van der Waals surface area contributed by atoms with Crippen molar-refractivity contribution in [1.82, 2.24) is 9.97 Å². The van der Waals surface area contributed by atoms with E-state index in [1.807, 2.05) is 18.7 Å². The molecule has 1 aromatic heterocycles. The summed E-state index contributed by atoms with van der Waals surface area (Å²) in [6, 6.07) is -0.194. The second-order valence-corrected chi connectivity index (χ2v) is 4.80. The van der Waals surface area contributed by atoms with Crippen molar-refractivity contribution in [3.05, 3.63) is 18.0 Å². The molecule has 2 rings (SSSR count). The predicted octanol–water partition coefficient (Wildman–Crippen LogP) is 1.10. The molecule has 1 aliphatic heterocycles. The van der Waals surface area contributed by atoms with Gasteiger partial charge in [0, 0.05) is 18.9 Å². The molecule has 1 fully saturated rings. The van der Waals surface area contributed by atoms with Gasteiger partial charge in [0.1, 0.15) is 5.92 Å². The van der Waals surface area contributed by atoms with Gasteiger partial charge in [0.25, 0.3) is 0 Å². The lowest BCUT2D eigenvalue weighted by molar-refractivity contribution is -0.142. The van der Waals surface area contributed by atoms with Crippen molar-refractivity contribution in [2.45, 2.75) is 26.3 Å². The van der Waals surface area contributed by atoms with E-state index >= 15 is 0 Å². The summed E-state index contributed by atoms with van der Waals surface area (Å²) < 4.78 is 5.33. The first-order valence-electron chi connectivity index (χ1n) is 6.49. The third kappa shape index (κ3) is 3.01. The minimum Gasteiger partial charge on any atom is -0.481 e. The first-order valence-corrected chi connectivity index (χ1v) is 6.49. The van der Waals surface area contributed by atoms with Crippen LogP contribution in [0.15, 0.2) is 12.4 Å². The Kier molecular flexibility index (Phi) is 4.31. The second kappa shape index (κ2) is 5.97. The van der Waals surface area contributed by atoms with Gasteiger partial charge in [-0.25, -0.2) is 9.97 Å². The number of carboxylic acids is 1. The number of anilines is 1. The Labute approximate surface area is 112 Å². The van der Waals surface area contributed by atoms with Crippen LogP contribution in [-0.4, -0.2) is 46.8 Å². The molecule has 0 saturated carbocycles. The Morgan fingerprint density at radius 1 is 1.47 bits per heavy atom. The molecule has 0 spiro atoms. The fraction of sp³-hybridized carbons (Fsp3) is 0.615. The number of aliphatic carboxylic acids is 1. The number of hydrogen-bond donors (Lipinski definition) is 1. The van der Waals surface area contributed by atoms with Gasteiger partial charge in [-0.1, -0.05) is 6.92 Å². The van der Waals surface area contributed by atoms with Gasteiger partial charge in [0.2, 0.25) is 5.95 Å². The maximum atomic E-state index is 11.3. The number of carbonyl (C=O) groups is 1. The summed E-state index contributed by atoms with van der Waals surface area (Å²) in [5, 5.41) is 9.24. The largest absolute Gasteiger partial charge is 0.481 e. The van der Waals surface area contributed by atoms with Gasteiger partial charge < -0.3 is 14.7 Å². The Morgan fingerprint density at radius 2 is 2.16 bits per heavy atom. The molecule has 0 aliphatic carbocycles. The SMILES string of the molecule is CCCN(c1ncc(C)cn1)C1COCC1C(=O)O. The van der Waals surface area contributed by atoms with Crippen molar-refractivity contribution in [2.24, 2.45) is 5.92 Å². The third-order valence-corrected chi connectivity index (χ3v) is 3.26. The number of aromatic nitrogens is 2. The van der Waals surface area contributed by atoms with Crippen LogP contribution < -0.4 is 4.90 Å². The molecule has 6 nitrogen and oxygen atoms in total. The van der Waals surface area contributed by atoms with E-state index in [-0.39, 0.29) is 12.6 Å². The van der Waals surface area contributed by atoms with Crippen molar-refractivity contribution in [3.63, 3.8) is 0 Å². The molecule has 2 unspecified atom stereocenters. The highest BCUT2D eigenvalue weighted by molar-refractivity contribution is 5.72. The molecule has 6 heteroatoms. The number of rotatable bonds is 5. The number of nitrogens with zero attached hydrogens (tertiary/aromatic N) is 3. The van der Waals surface area contributed by atoms with Crippen LogP contribution in [0.5, 0.6) is 0 Å². The number of aryl methyl sites for hydroxylation is 1. The average Bonchev–Trinajstić information content (AvgIpc) is 2.86. The zero-order valence-corrected chi connectivity index (χ0v) is 11.2. The van der Waals surface area contributed by atoms with Crippen molar-refractivity contribution < 1.29 is 14.6 Å². The Bertz CT molecular complexity index is 435. The van der Waals surface area contributed by atoms with E-state index < -0.39 is 11.9 Å². The van der Waals surface area contributed by atoms with E-state index in [0.29, 0.717) is 12.6 Å². The highest BCUT2D eigenvalue weighted by Gasteiger charge is 2.38. The fourth-order valence-corrected chi connectivity index (χ4v) is 2.28. The highest BCUT2D eigenvalue weighted by atomic mass is 16.5. The minimum absolute atomic E-state index is 0.194. The van der Waals surface area contributed by atoms with Crippen molar-refractivity contribution >= 4 is 11.9 Å². The molecule has 0 aromatic carbocycles. The summed E-state index contributed by atoms with van der Waals surface area (Å²) in [4.78, 5) is 21.8. The van der Waals surface area contributed by atoms with Gasteiger partial charge in [-0.15, -0.1) is 0 Å². The quantitative estimate of drug-likeness (QED) is 0.859. The highest BCUT2D eigenvalue weighted by Crippen LogP contribution is 2.23. The fourth-order valence-electron chi connectivity index (χ4n) is 2.28. The van der Waals surface area contributed by atoms with E-state index in [1.165, 1.54) is 0 Å². The van der Waals surface area contributed by atoms with Crippen molar-refractivity contribution in [2.75, 3.05) is 24.7 Å². The van der Waals surface area contributed by atoms with Gasteiger partial charge >= 0.3 is 5.97 Å². The lowest BCUT2D eigenvalue weighted by Crippen LogP contribution is -2.44. The predicted molar refractivity (Wildman–Crippen MR) is 70.1 cm³/mol. The van der Waals surface area contributed by atoms with Crippen LogP contribution in [0.1, 0.15) is 18.9 Å². The molecule has 0 radical (unpaired) electrons. The Balaban J connectivity index is 2.24. The smallest absolute Gasteiger partial charge is 0.311 e. The summed E-state index contributed by atoms with van der Waals surface area (Å²) >= 11 is 0. The first kappa shape index (κ1) is 13.7. The zero-order chi connectivity index (χ0) is 13.8. The molecule has 1 saturated heterocycles. The molecular formula is C13H19N3O3. The van der Waals surface area contributed by atoms with Crippen LogP contribution in [0.3, 0.4) is 0 Å². The summed E-state index contributed by atoms with van der Waals surface area (Å²) in [7, 11) is 0. The van der Waals surface area contributed by atoms with Gasteiger partial charge in [-0.2, -0.15) is 0 Å². The Morgan fingerprint density at radius 3 is 2.74 bits per heavy atom. The molecule has 1 aliphatic rings. The van der Waals surface area contributed by atoms with E-state index in [0.717, 1.165) is 18.5 Å². The van der Waals surface area contributed by atoms with E-state index in [1.54, 1.807) is 12.4 Å². The van der Waals surface area contributed by atoms with Gasteiger partial charge in [-0.3, -0.25) is 4.79 Å². The van der Waals surface area contributed by atoms with Crippen LogP contribution in [-0.2, 0) is 9.53 Å². The number of ether oxygens (including phenoxy) is 1. The van der Waals surface area contributed by atoms with Crippen LogP contribution in [0.2, 0.25) is 0 Å². The number of carboxylic acid groups (broad SMARTS) is 1. The maximum Gasteiger partial charge on any atom is 0.311 e. The molecule has 0 bridgehead atoms. The molecule has 1 aromatic rings. The molecule has 2 atom stereocenters. The molecule has 2 heterocycles. The summed E-state index contributed by atoms with van der Waals surface area (Å²) in [6.07, 6.45) is 4.40. The Hall–Kier alpha value is -1.69. The standard InChI is InChI=1S/C13H19N3O3/c1-3-4-16(13-14-5-9(2)6-15-13)11-8-19-7-10(11)12(17)18/h5-6,10-11H,3-4,7-8H2,1-2H3,(H,17,18). The maximum absolute atomic E-state index is 11.3. The van der Waals surface area contributed by atoms with Crippen LogP contribution in [0.25, 0.3) is 0 Å². The molecule has 0 amide bonds. The monoisotopic (exact) mass is 265 g/mol. The van der Waals surface area contributed by atoms with E-state index in [2.05, 4.69) is 9.97 Å². The van der Waals surface area contributed by atoms with Gasteiger partial charge in [0.15, 0.2) is 0 Å². The molecule has 19 heavy (non-hydrogen) atoms. The number of hydrogen-bond acceptors (Lipinski definition) is 5. The lowest BCUT2D eigenvalue weighted by Gasteiger charge is -2.30. The minimum atomic E-state index is -0.823. The zero-order valence-electron chi connectivity index (χ0n) is 11.2. The van der Waals surface area contributed by atoms with Crippen molar-refractivity contribution in [1.29, 1.82) is 0 Å². The van der Waals surface area contributed by atoms with E-state index in [9.17, 15) is 9.90 Å². The molecule has 1 N–H and O–H groups in total. The average molecular weight is 265 g/mol.